The fourth-order valence-corrected chi connectivity index (χ4v) is 0.715. The Hall–Kier alpha value is -0.780. The highest BCUT2D eigenvalue weighted by Crippen LogP contribution is 2.28. The average Bonchev–Trinajstić information content (AvgIpc) is 2.20. The minimum atomic E-state index is 0.179. The normalized spacial score (nSPS) is 10.4. The highest BCUT2D eigenvalue weighted by atomic mass is 14.2. The SMILES string of the molecule is C=C.CC.[CH2]/C=C(/C)C(=C)C(C)(C)C. The van der Waals surface area contributed by atoms with E-state index in [-0.39, 0.29) is 5.41 Å². The Morgan fingerprint density at radius 2 is 1.36 bits per heavy atom. The number of rotatable bonds is 1. The summed E-state index contributed by atoms with van der Waals surface area (Å²) in [5, 5.41) is 0. The third kappa shape index (κ3) is 9.31. The molecule has 0 atom stereocenters. The molecule has 0 saturated heterocycles. The Labute approximate surface area is 91.4 Å². The minimum Gasteiger partial charge on any atom is -0.106 e. The third-order valence-corrected chi connectivity index (χ3v) is 1.69. The van der Waals surface area contributed by atoms with Gasteiger partial charge in [0.2, 0.25) is 0 Å². The van der Waals surface area contributed by atoms with Gasteiger partial charge >= 0.3 is 0 Å². The molecule has 1 radical (unpaired) electrons. The van der Waals surface area contributed by atoms with Crippen LogP contribution in [-0.2, 0) is 0 Å². The van der Waals surface area contributed by atoms with Crippen LogP contribution < -0.4 is 0 Å². The Morgan fingerprint density at radius 1 is 1.07 bits per heavy atom. The second kappa shape index (κ2) is 10.3. The second-order valence-corrected chi connectivity index (χ2v) is 3.62. The summed E-state index contributed by atoms with van der Waals surface area (Å²) < 4.78 is 0. The van der Waals surface area contributed by atoms with E-state index < -0.39 is 0 Å². The van der Waals surface area contributed by atoms with Crippen molar-refractivity contribution in [3.05, 3.63) is 43.9 Å². The summed E-state index contributed by atoms with van der Waals surface area (Å²) in [6.45, 7) is 26.2. The zero-order chi connectivity index (χ0) is 12.4. The van der Waals surface area contributed by atoms with Gasteiger partial charge in [0.1, 0.15) is 0 Å². The van der Waals surface area contributed by atoms with E-state index >= 15 is 0 Å². The molecule has 0 aromatic rings. The van der Waals surface area contributed by atoms with Crippen LogP contribution in [0.2, 0.25) is 0 Å². The van der Waals surface area contributed by atoms with Crippen molar-refractivity contribution in [1.82, 2.24) is 0 Å². The van der Waals surface area contributed by atoms with Crippen LogP contribution in [0.15, 0.2) is 37.0 Å². The summed E-state index contributed by atoms with van der Waals surface area (Å²) in [4.78, 5) is 0. The van der Waals surface area contributed by atoms with E-state index in [1.165, 1.54) is 11.1 Å². The average molecular weight is 195 g/mol. The van der Waals surface area contributed by atoms with E-state index in [0.717, 1.165) is 0 Å². The van der Waals surface area contributed by atoms with Crippen molar-refractivity contribution >= 4 is 0 Å². The van der Waals surface area contributed by atoms with Crippen molar-refractivity contribution in [3.8, 4) is 0 Å². The standard InChI is InChI=1S/C10H17.C2H6.C2H4/c1-7-8(2)9(3)10(4,5)6;2*1-2/h7H,1,3H2,2,4-6H3;1-2H3;1-2H2/b8-7-;;. The fourth-order valence-electron chi connectivity index (χ4n) is 0.715. The zero-order valence-electron chi connectivity index (χ0n) is 10.9. The first-order valence-corrected chi connectivity index (χ1v) is 5.05. The first kappa shape index (κ1) is 18.9. The van der Waals surface area contributed by atoms with Gasteiger partial charge in [-0.1, -0.05) is 52.8 Å². The molecule has 0 aliphatic rings. The maximum atomic E-state index is 3.99. The third-order valence-electron chi connectivity index (χ3n) is 1.69. The Bertz CT molecular complexity index is 165. The van der Waals surface area contributed by atoms with Gasteiger partial charge in [-0.3, -0.25) is 0 Å². The molecule has 83 valence electrons. The summed E-state index contributed by atoms with van der Waals surface area (Å²) in [5.74, 6) is 0. The maximum Gasteiger partial charge on any atom is -0.0135 e. The smallest absolute Gasteiger partial charge is 0.0135 e. The van der Waals surface area contributed by atoms with Gasteiger partial charge in [0, 0.05) is 0 Å². The number of hydrogen-bond acceptors (Lipinski definition) is 0. The van der Waals surface area contributed by atoms with E-state index in [0.29, 0.717) is 0 Å². The summed E-state index contributed by atoms with van der Waals surface area (Å²) in [7, 11) is 0. The number of hydrogen-bond donors (Lipinski definition) is 0. The fraction of sp³-hybridized carbons (Fsp3) is 0.500. The molecule has 0 aromatic carbocycles. The van der Waals surface area contributed by atoms with Crippen molar-refractivity contribution in [2.24, 2.45) is 5.41 Å². The molecule has 0 N–H and O–H groups in total. The molecule has 0 bridgehead atoms. The highest BCUT2D eigenvalue weighted by molar-refractivity contribution is 5.31. The van der Waals surface area contributed by atoms with E-state index in [2.05, 4.69) is 47.4 Å². The van der Waals surface area contributed by atoms with Gasteiger partial charge in [-0.05, 0) is 24.8 Å². The summed E-state index contributed by atoms with van der Waals surface area (Å²) in [6, 6.07) is 0. The van der Waals surface area contributed by atoms with Gasteiger partial charge in [-0.15, -0.1) is 13.2 Å². The van der Waals surface area contributed by atoms with Crippen LogP contribution in [0.4, 0.5) is 0 Å². The molecule has 0 amide bonds. The van der Waals surface area contributed by atoms with Gasteiger partial charge < -0.3 is 0 Å². The lowest BCUT2D eigenvalue weighted by Crippen LogP contribution is -2.08. The Morgan fingerprint density at radius 3 is 1.43 bits per heavy atom. The molecule has 0 nitrogen and oxygen atoms in total. The van der Waals surface area contributed by atoms with Crippen LogP contribution >= 0.6 is 0 Å². The largest absolute Gasteiger partial charge is 0.106 e. The molecule has 0 spiro atoms. The zero-order valence-corrected chi connectivity index (χ0v) is 10.9. The van der Waals surface area contributed by atoms with Crippen molar-refractivity contribution in [2.75, 3.05) is 0 Å². The molecule has 0 rings (SSSR count). The first-order valence-electron chi connectivity index (χ1n) is 5.05. The molecule has 0 heterocycles. The Kier molecular flexibility index (Phi) is 13.9. The molecule has 0 aliphatic heterocycles. The van der Waals surface area contributed by atoms with E-state index in [4.69, 9.17) is 0 Å². The Balaban J connectivity index is -0.000000266. The van der Waals surface area contributed by atoms with E-state index in [1.807, 2.05) is 26.8 Å². The molecule has 0 aromatic heterocycles. The lowest BCUT2D eigenvalue weighted by atomic mass is 9.83. The lowest BCUT2D eigenvalue weighted by molar-refractivity contribution is 0.512. The van der Waals surface area contributed by atoms with Gasteiger partial charge in [-0.25, -0.2) is 0 Å². The van der Waals surface area contributed by atoms with Crippen molar-refractivity contribution in [2.45, 2.75) is 41.5 Å². The molecule has 14 heavy (non-hydrogen) atoms. The summed E-state index contributed by atoms with van der Waals surface area (Å²) >= 11 is 0. The highest BCUT2D eigenvalue weighted by Gasteiger charge is 2.14. The van der Waals surface area contributed by atoms with Crippen molar-refractivity contribution in [3.63, 3.8) is 0 Å². The van der Waals surface area contributed by atoms with Gasteiger partial charge in [-0.2, -0.15) is 0 Å². The van der Waals surface area contributed by atoms with Crippen molar-refractivity contribution < 1.29 is 0 Å². The molecule has 0 unspecified atom stereocenters. The van der Waals surface area contributed by atoms with Crippen LogP contribution in [0.1, 0.15) is 41.5 Å². The minimum absolute atomic E-state index is 0.179. The van der Waals surface area contributed by atoms with E-state index in [1.54, 1.807) is 0 Å². The topological polar surface area (TPSA) is 0 Å². The monoisotopic (exact) mass is 195 g/mol. The summed E-state index contributed by atoms with van der Waals surface area (Å²) in [5.41, 5.74) is 2.54. The second-order valence-electron chi connectivity index (χ2n) is 3.62. The molecule has 0 saturated carbocycles. The summed E-state index contributed by atoms with van der Waals surface area (Å²) in [6.07, 6.45) is 1.85. The van der Waals surface area contributed by atoms with E-state index in [9.17, 15) is 0 Å². The van der Waals surface area contributed by atoms with Crippen LogP contribution in [0, 0.1) is 12.3 Å². The van der Waals surface area contributed by atoms with Gasteiger partial charge in [0.15, 0.2) is 0 Å². The van der Waals surface area contributed by atoms with Crippen LogP contribution in [-0.4, -0.2) is 0 Å². The van der Waals surface area contributed by atoms with Crippen molar-refractivity contribution in [1.29, 1.82) is 0 Å². The predicted molar refractivity (Wildman–Crippen MR) is 70.3 cm³/mol. The van der Waals surface area contributed by atoms with Gasteiger partial charge in [0.05, 0.1) is 0 Å². The van der Waals surface area contributed by atoms with Crippen LogP contribution in [0.5, 0.6) is 0 Å². The van der Waals surface area contributed by atoms with Crippen LogP contribution in [0.25, 0.3) is 0 Å². The molecular formula is C14H27. The van der Waals surface area contributed by atoms with Gasteiger partial charge in [0.25, 0.3) is 0 Å². The lowest BCUT2D eigenvalue weighted by Gasteiger charge is -2.22. The van der Waals surface area contributed by atoms with Crippen LogP contribution in [0.3, 0.4) is 0 Å². The molecular weight excluding hydrogens is 168 g/mol. The molecule has 0 fully saturated rings. The predicted octanol–water partition coefficient (Wildman–Crippen LogP) is 5.20. The number of allylic oxidation sites excluding steroid dienone is 3. The quantitative estimate of drug-likeness (QED) is 0.398. The molecule has 0 aliphatic carbocycles. The maximum absolute atomic E-state index is 3.99. The molecule has 0 heteroatoms. The first-order chi connectivity index (χ1) is 6.39.